The topological polar surface area (TPSA) is 66.9 Å². The van der Waals surface area contributed by atoms with Crippen LogP contribution in [0.1, 0.15) is 37.1 Å². The lowest BCUT2D eigenvalue weighted by Gasteiger charge is -2.15. The molecule has 3 aromatic rings. The number of thiophene rings is 1. The third kappa shape index (κ3) is 5.80. The molecule has 1 amide bonds. The molecule has 0 radical (unpaired) electrons. The highest BCUT2D eigenvalue weighted by atomic mass is 32.2. The molecular weight excluding hydrogens is 408 g/mol. The van der Waals surface area contributed by atoms with Gasteiger partial charge in [-0.3, -0.25) is 4.79 Å². The monoisotopic (exact) mass is 432 g/mol. The highest BCUT2D eigenvalue weighted by Gasteiger charge is 2.18. The molecule has 1 atom stereocenters. The first-order chi connectivity index (χ1) is 13.5. The summed E-state index contributed by atoms with van der Waals surface area (Å²) < 4.78 is 0.790. The van der Waals surface area contributed by atoms with Crippen molar-refractivity contribution in [3.63, 3.8) is 0 Å². The van der Waals surface area contributed by atoms with Gasteiger partial charge in [-0.15, -0.1) is 21.5 Å². The Morgan fingerprint density at radius 1 is 1.14 bits per heavy atom. The Hall–Kier alpha value is -1.90. The van der Waals surface area contributed by atoms with Gasteiger partial charge in [-0.25, -0.2) is 0 Å². The Bertz CT molecular complexity index is 893. The third-order valence-electron chi connectivity index (χ3n) is 4.12. The molecule has 2 heterocycles. The summed E-state index contributed by atoms with van der Waals surface area (Å²) in [6.45, 7) is 6.96. The molecule has 1 aromatic carbocycles. The van der Waals surface area contributed by atoms with Crippen LogP contribution in [0.25, 0.3) is 0 Å². The van der Waals surface area contributed by atoms with Crippen LogP contribution >= 0.6 is 34.4 Å². The van der Waals surface area contributed by atoms with Gasteiger partial charge >= 0.3 is 0 Å². The van der Waals surface area contributed by atoms with E-state index in [1.165, 1.54) is 28.0 Å². The summed E-state index contributed by atoms with van der Waals surface area (Å²) in [6, 6.07) is 12.1. The molecule has 1 unspecified atom stereocenters. The van der Waals surface area contributed by atoms with Crippen molar-refractivity contribution in [2.24, 2.45) is 0 Å². The first kappa shape index (κ1) is 20.8. The molecule has 2 aromatic heterocycles. The predicted molar refractivity (Wildman–Crippen MR) is 121 cm³/mol. The van der Waals surface area contributed by atoms with Crippen LogP contribution < -0.4 is 10.6 Å². The molecule has 0 saturated heterocycles. The van der Waals surface area contributed by atoms with Crippen molar-refractivity contribution in [3.8, 4) is 0 Å². The molecule has 0 aliphatic heterocycles. The van der Waals surface area contributed by atoms with Crippen molar-refractivity contribution in [2.45, 2.75) is 42.7 Å². The van der Waals surface area contributed by atoms with Crippen molar-refractivity contribution in [3.05, 3.63) is 52.2 Å². The first-order valence-electron chi connectivity index (χ1n) is 9.19. The number of benzene rings is 1. The number of nitrogens with zero attached hydrogens (tertiary/aromatic N) is 2. The third-order valence-corrected chi connectivity index (χ3v) is 7.12. The number of amides is 1. The van der Waals surface area contributed by atoms with Crippen molar-refractivity contribution in [2.75, 3.05) is 17.2 Å². The normalized spacial score (nSPS) is 12.1. The highest BCUT2D eigenvalue weighted by Crippen LogP contribution is 2.30. The minimum absolute atomic E-state index is 0.0273. The second-order valence-corrected chi connectivity index (χ2v) is 10.2. The van der Waals surface area contributed by atoms with Gasteiger partial charge in [0.1, 0.15) is 0 Å². The van der Waals surface area contributed by atoms with E-state index in [-0.39, 0.29) is 11.2 Å². The van der Waals surface area contributed by atoms with E-state index in [0.717, 1.165) is 33.7 Å². The molecular formula is C20H24N4OS3. The number of thioether (sulfide) groups is 1. The van der Waals surface area contributed by atoms with Gasteiger partial charge < -0.3 is 10.6 Å². The van der Waals surface area contributed by atoms with E-state index in [1.807, 2.05) is 25.1 Å². The number of anilines is 2. The summed E-state index contributed by atoms with van der Waals surface area (Å²) in [5.41, 5.74) is 2.02. The van der Waals surface area contributed by atoms with Crippen LogP contribution in [0.2, 0.25) is 0 Å². The molecule has 5 nitrogen and oxygen atoms in total. The molecule has 28 heavy (non-hydrogen) atoms. The number of para-hydroxylation sites is 1. The predicted octanol–water partition coefficient (Wildman–Crippen LogP) is 5.50. The van der Waals surface area contributed by atoms with Crippen molar-refractivity contribution < 1.29 is 4.79 Å². The number of hydrogen-bond donors (Lipinski definition) is 2. The molecule has 0 bridgehead atoms. The maximum absolute atomic E-state index is 12.6. The van der Waals surface area contributed by atoms with Crippen molar-refractivity contribution in [1.29, 1.82) is 0 Å². The van der Waals surface area contributed by atoms with Gasteiger partial charge in [0, 0.05) is 17.1 Å². The maximum atomic E-state index is 12.6. The standard InChI is InChI=1S/C20H24N4OS3/c1-13(2)16-8-4-5-9-17(16)22-18(25)14(3)27-20-24-23-19(28-20)21-11-10-15-7-6-12-26-15/h4-9,12-14H,10-11H2,1-3H3,(H,21,23)(H,22,25). The molecule has 0 fully saturated rings. The van der Waals surface area contributed by atoms with Crippen LogP contribution in [0.4, 0.5) is 10.8 Å². The van der Waals surface area contributed by atoms with Gasteiger partial charge in [0.2, 0.25) is 11.0 Å². The molecule has 0 spiro atoms. The fraction of sp³-hybridized carbons (Fsp3) is 0.350. The molecule has 0 aliphatic rings. The fourth-order valence-corrected chi connectivity index (χ4v) is 5.26. The van der Waals surface area contributed by atoms with Crippen molar-refractivity contribution >= 4 is 51.2 Å². The number of carbonyl (C=O) groups excluding carboxylic acids is 1. The summed E-state index contributed by atoms with van der Waals surface area (Å²) in [5.74, 6) is 0.325. The Morgan fingerprint density at radius 3 is 2.71 bits per heavy atom. The quantitative estimate of drug-likeness (QED) is 0.437. The first-order valence-corrected chi connectivity index (χ1v) is 11.8. The minimum Gasteiger partial charge on any atom is -0.360 e. The van der Waals surface area contributed by atoms with E-state index in [9.17, 15) is 4.79 Å². The molecule has 0 aliphatic carbocycles. The molecule has 8 heteroatoms. The van der Waals surface area contributed by atoms with Crippen LogP contribution in [0.3, 0.4) is 0 Å². The van der Waals surface area contributed by atoms with Gasteiger partial charge in [0.05, 0.1) is 5.25 Å². The SMILES string of the molecule is CC(Sc1nnc(NCCc2cccs2)s1)C(=O)Nc1ccccc1C(C)C. The summed E-state index contributed by atoms with van der Waals surface area (Å²) in [7, 11) is 0. The molecule has 2 N–H and O–H groups in total. The summed E-state index contributed by atoms with van der Waals surface area (Å²) in [6.07, 6.45) is 0.966. The average molecular weight is 433 g/mol. The lowest BCUT2D eigenvalue weighted by atomic mass is 10.0. The van der Waals surface area contributed by atoms with Crippen LogP contribution in [0.5, 0.6) is 0 Å². The van der Waals surface area contributed by atoms with Gasteiger partial charge in [-0.05, 0) is 42.3 Å². The minimum atomic E-state index is -0.257. The van der Waals surface area contributed by atoms with Crippen LogP contribution in [-0.4, -0.2) is 27.9 Å². The van der Waals surface area contributed by atoms with Gasteiger partial charge in [-0.1, -0.05) is 61.2 Å². The van der Waals surface area contributed by atoms with Crippen LogP contribution in [0, 0.1) is 0 Å². The van der Waals surface area contributed by atoms with Crippen molar-refractivity contribution in [1.82, 2.24) is 10.2 Å². The number of nitrogens with one attached hydrogen (secondary N) is 2. The average Bonchev–Trinajstić information content (AvgIpc) is 3.34. The zero-order chi connectivity index (χ0) is 19.9. The molecule has 3 rings (SSSR count). The number of carbonyl (C=O) groups is 1. The second kappa shape index (κ2) is 10.0. The molecule has 148 valence electrons. The van der Waals surface area contributed by atoms with E-state index < -0.39 is 0 Å². The van der Waals surface area contributed by atoms with Crippen LogP contribution in [0.15, 0.2) is 46.1 Å². The summed E-state index contributed by atoms with van der Waals surface area (Å²) in [5, 5.41) is 17.3. The smallest absolute Gasteiger partial charge is 0.237 e. The van der Waals surface area contributed by atoms with E-state index in [1.54, 1.807) is 11.3 Å². The fourth-order valence-electron chi connectivity index (χ4n) is 2.63. The van der Waals surface area contributed by atoms with Gasteiger partial charge in [0.15, 0.2) is 4.34 Å². The lowest BCUT2D eigenvalue weighted by Crippen LogP contribution is -2.23. The zero-order valence-electron chi connectivity index (χ0n) is 16.1. The van der Waals surface area contributed by atoms with Gasteiger partial charge in [0.25, 0.3) is 0 Å². The summed E-state index contributed by atoms with van der Waals surface area (Å²) in [4.78, 5) is 14.0. The van der Waals surface area contributed by atoms with E-state index in [4.69, 9.17) is 0 Å². The van der Waals surface area contributed by atoms with Gasteiger partial charge in [-0.2, -0.15) is 0 Å². The number of rotatable bonds is 9. The Morgan fingerprint density at radius 2 is 1.96 bits per heavy atom. The van der Waals surface area contributed by atoms with E-state index in [2.05, 4.69) is 58.3 Å². The number of aromatic nitrogens is 2. The Labute approximate surface area is 178 Å². The van der Waals surface area contributed by atoms with E-state index >= 15 is 0 Å². The van der Waals surface area contributed by atoms with E-state index in [0.29, 0.717) is 5.92 Å². The zero-order valence-corrected chi connectivity index (χ0v) is 18.6. The highest BCUT2D eigenvalue weighted by molar-refractivity contribution is 8.02. The largest absolute Gasteiger partial charge is 0.360 e. The number of hydrogen-bond acceptors (Lipinski definition) is 7. The Balaban J connectivity index is 1.51. The van der Waals surface area contributed by atoms with Crippen LogP contribution in [-0.2, 0) is 11.2 Å². The molecule has 0 saturated carbocycles. The second-order valence-electron chi connectivity index (χ2n) is 6.62. The summed E-state index contributed by atoms with van der Waals surface area (Å²) >= 11 is 4.67. The Kier molecular flexibility index (Phi) is 7.47. The lowest BCUT2D eigenvalue weighted by molar-refractivity contribution is -0.115. The maximum Gasteiger partial charge on any atom is 0.237 e.